The second-order valence-corrected chi connectivity index (χ2v) is 6.11. The molecule has 1 atom stereocenters. The minimum absolute atomic E-state index is 0.299. The number of ether oxygens (including phenoxy) is 1. The number of amides is 1. The molecule has 3 nitrogen and oxygen atoms in total. The zero-order valence-electron chi connectivity index (χ0n) is 12.9. The Labute approximate surface area is 150 Å². The Hall–Kier alpha value is -2.23. The minimum atomic E-state index is -0.689. The molecule has 0 aliphatic rings. The largest absolute Gasteiger partial charge is 0.480 e. The van der Waals surface area contributed by atoms with Crippen LogP contribution in [0.5, 0.6) is 5.75 Å². The van der Waals surface area contributed by atoms with Crippen molar-refractivity contribution in [3.8, 4) is 5.75 Å². The monoisotopic (exact) mass is 359 g/mol. The predicted octanol–water partition coefficient (Wildman–Crippen LogP) is 5.55. The predicted molar refractivity (Wildman–Crippen MR) is 99.1 cm³/mol. The highest BCUT2D eigenvalue weighted by atomic mass is 35.5. The summed E-state index contributed by atoms with van der Waals surface area (Å²) in [6, 6.07) is 18.7. The second-order valence-electron chi connectivity index (χ2n) is 5.33. The van der Waals surface area contributed by atoms with Gasteiger partial charge in [-0.1, -0.05) is 65.7 Å². The number of hydrogen-bond acceptors (Lipinski definition) is 2. The van der Waals surface area contributed by atoms with Crippen LogP contribution < -0.4 is 10.1 Å². The van der Waals surface area contributed by atoms with E-state index in [1.54, 1.807) is 25.1 Å². The van der Waals surface area contributed by atoms with E-state index in [9.17, 15) is 4.79 Å². The first-order valence-corrected chi connectivity index (χ1v) is 8.21. The molecule has 0 radical (unpaired) electrons. The number of fused-ring (bicyclic) bond motifs is 1. The molecule has 0 bridgehead atoms. The second kappa shape index (κ2) is 7.12. The molecule has 5 heteroatoms. The van der Waals surface area contributed by atoms with Gasteiger partial charge < -0.3 is 10.1 Å². The standard InChI is InChI=1S/C19H15Cl2NO2/c1-12(19(23)22-16-10-5-9-15(20)18(16)21)24-17-11-4-7-13-6-2-3-8-14(13)17/h2-12H,1H3,(H,22,23). The molecule has 122 valence electrons. The van der Waals surface area contributed by atoms with E-state index in [0.717, 1.165) is 10.8 Å². The molecule has 0 aromatic heterocycles. The first kappa shape index (κ1) is 16.6. The fourth-order valence-electron chi connectivity index (χ4n) is 2.38. The van der Waals surface area contributed by atoms with Crippen molar-refractivity contribution < 1.29 is 9.53 Å². The van der Waals surface area contributed by atoms with E-state index >= 15 is 0 Å². The average molecular weight is 360 g/mol. The highest BCUT2D eigenvalue weighted by Gasteiger charge is 2.17. The number of carbonyl (C=O) groups is 1. The number of rotatable bonds is 4. The quantitative estimate of drug-likeness (QED) is 0.662. The van der Waals surface area contributed by atoms with E-state index in [1.807, 2.05) is 42.5 Å². The van der Waals surface area contributed by atoms with Gasteiger partial charge in [0.2, 0.25) is 0 Å². The molecular formula is C19H15Cl2NO2. The van der Waals surface area contributed by atoms with Crippen molar-refractivity contribution >= 4 is 45.6 Å². The smallest absolute Gasteiger partial charge is 0.265 e. The van der Waals surface area contributed by atoms with Crippen molar-refractivity contribution in [2.45, 2.75) is 13.0 Å². The maximum absolute atomic E-state index is 12.4. The van der Waals surface area contributed by atoms with Gasteiger partial charge >= 0.3 is 0 Å². The van der Waals surface area contributed by atoms with E-state index < -0.39 is 6.10 Å². The van der Waals surface area contributed by atoms with Crippen LogP contribution in [0.25, 0.3) is 10.8 Å². The molecule has 0 fully saturated rings. The zero-order chi connectivity index (χ0) is 17.1. The van der Waals surface area contributed by atoms with Gasteiger partial charge in [0.25, 0.3) is 5.91 Å². The van der Waals surface area contributed by atoms with Gasteiger partial charge in [-0.2, -0.15) is 0 Å². The average Bonchev–Trinajstić information content (AvgIpc) is 2.59. The molecule has 0 saturated carbocycles. The summed E-state index contributed by atoms with van der Waals surface area (Å²) in [5.41, 5.74) is 0.461. The zero-order valence-corrected chi connectivity index (χ0v) is 14.4. The number of hydrogen-bond donors (Lipinski definition) is 1. The van der Waals surface area contributed by atoms with Crippen LogP contribution in [0.3, 0.4) is 0 Å². The lowest BCUT2D eigenvalue weighted by atomic mass is 10.1. The van der Waals surface area contributed by atoms with Gasteiger partial charge in [0.05, 0.1) is 15.7 Å². The molecule has 1 N–H and O–H groups in total. The summed E-state index contributed by atoms with van der Waals surface area (Å²) in [4.78, 5) is 12.4. The third-order valence-electron chi connectivity index (χ3n) is 3.63. The Kier molecular flexibility index (Phi) is 4.93. The third kappa shape index (κ3) is 3.48. The third-order valence-corrected chi connectivity index (χ3v) is 4.45. The Balaban J connectivity index is 1.77. The SMILES string of the molecule is CC(Oc1cccc2ccccc12)C(=O)Nc1cccc(Cl)c1Cl. The normalized spacial score (nSPS) is 12.0. The lowest BCUT2D eigenvalue weighted by Crippen LogP contribution is -2.30. The molecule has 0 heterocycles. The summed E-state index contributed by atoms with van der Waals surface area (Å²) in [5, 5.41) is 5.45. The molecule has 24 heavy (non-hydrogen) atoms. The van der Waals surface area contributed by atoms with E-state index in [1.165, 1.54) is 0 Å². The van der Waals surface area contributed by atoms with Crippen LogP contribution in [0.4, 0.5) is 5.69 Å². The number of benzene rings is 3. The molecule has 0 aliphatic heterocycles. The highest BCUT2D eigenvalue weighted by molar-refractivity contribution is 6.44. The molecule has 0 saturated heterocycles. The van der Waals surface area contributed by atoms with Crippen LogP contribution >= 0.6 is 23.2 Å². The number of anilines is 1. The molecule has 1 unspecified atom stereocenters. The lowest BCUT2D eigenvalue weighted by molar-refractivity contribution is -0.122. The van der Waals surface area contributed by atoms with Crippen LogP contribution in [-0.2, 0) is 4.79 Å². The first-order valence-electron chi connectivity index (χ1n) is 7.45. The molecular weight excluding hydrogens is 345 g/mol. The topological polar surface area (TPSA) is 38.3 Å². The minimum Gasteiger partial charge on any atom is -0.480 e. The maximum Gasteiger partial charge on any atom is 0.265 e. The summed E-state index contributed by atoms with van der Waals surface area (Å²) in [5.74, 6) is 0.361. The van der Waals surface area contributed by atoms with Gasteiger partial charge in [-0.15, -0.1) is 0 Å². The van der Waals surface area contributed by atoms with Gasteiger partial charge in [-0.05, 0) is 30.5 Å². The van der Waals surface area contributed by atoms with Crippen molar-refractivity contribution in [2.24, 2.45) is 0 Å². The maximum atomic E-state index is 12.4. The summed E-state index contributed by atoms with van der Waals surface area (Å²) in [6.07, 6.45) is -0.689. The van der Waals surface area contributed by atoms with Crippen molar-refractivity contribution in [2.75, 3.05) is 5.32 Å². The van der Waals surface area contributed by atoms with Crippen LogP contribution in [0.1, 0.15) is 6.92 Å². The van der Waals surface area contributed by atoms with Crippen molar-refractivity contribution in [3.05, 3.63) is 70.7 Å². The number of nitrogens with one attached hydrogen (secondary N) is 1. The van der Waals surface area contributed by atoms with E-state index in [4.69, 9.17) is 27.9 Å². The van der Waals surface area contributed by atoms with Gasteiger partial charge in [0.15, 0.2) is 6.10 Å². The molecule has 1 amide bonds. The van der Waals surface area contributed by atoms with E-state index in [0.29, 0.717) is 21.5 Å². The molecule has 0 aliphatic carbocycles. The Bertz CT molecular complexity index is 890. The van der Waals surface area contributed by atoms with Crippen molar-refractivity contribution in [1.82, 2.24) is 0 Å². The summed E-state index contributed by atoms with van der Waals surface area (Å²) < 4.78 is 5.84. The van der Waals surface area contributed by atoms with Gasteiger partial charge in [-0.25, -0.2) is 0 Å². The lowest BCUT2D eigenvalue weighted by Gasteiger charge is -2.17. The Morgan fingerprint density at radius 1 is 1.00 bits per heavy atom. The molecule has 3 aromatic carbocycles. The van der Waals surface area contributed by atoms with E-state index in [-0.39, 0.29) is 5.91 Å². The number of halogens is 2. The van der Waals surface area contributed by atoms with Gasteiger partial charge in [0.1, 0.15) is 5.75 Å². The highest BCUT2D eigenvalue weighted by Crippen LogP contribution is 2.30. The summed E-state index contributed by atoms with van der Waals surface area (Å²) >= 11 is 12.1. The van der Waals surface area contributed by atoms with Gasteiger partial charge in [0, 0.05) is 5.39 Å². The van der Waals surface area contributed by atoms with Crippen LogP contribution in [0.2, 0.25) is 10.0 Å². The van der Waals surface area contributed by atoms with Crippen LogP contribution in [0.15, 0.2) is 60.7 Å². The van der Waals surface area contributed by atoms with Gasteiger partial charge in [-0.3, -0.25) is 4.79 Å². The van der Waals surface area contributed by atoms with Crippen LogP contribution in [0, 0.1) is 0 Å². The molecule has 3 aromatic rings. The van der Waals surface area contributed by atoms with Crippen LogP contribution in [-0.4, -0.2) is 12.0 Å². The van der Waals surface area contributed by atoms with E-state index in [2.05, 4.69) is 5.32 Å². The Morgan fingerprint density at radius 2 is 1.71 bits per heavy atom. The fraction of sp³-hybridized carbons (Fsp3) is 0.105. The first-order chi connectivity index (χ1) is 11.6. The molecule has 0 spiro atoms. The molecule has 3 rings (SSSR count). The van der Waals surface area contributed by atoms with Crippen molar-refractivity contribution in [3.63, 3.8) is 0 Å². The Morgan fingerprint density at radius 3 is 2.54 bits per heavy atom. The summed E-state index contributed by atoms with van der Waals surface area (Å²) in [6.45, 7) is 1.69. The van der Waals surface area contributed by atoms with Crippen molar-refractivity contribution in [1.29, 1.82) is 0 Å². The number of carbonyl (C=O) groups excluding carboxylic acids is 1. The summed E-state index contributed by atoms with van der Waals surface area (Å²) in [7, 11) is 0. The fourth-order valence-corrected chi connectivity index (χ4v) is 2.72.